The number of rotatable bonds is 3. The largest absolute Gasteiger partial charge is 0.357 e. The van der Waals surface area contributed by atoms with Gasteiger partial charge in [0.25, 0.3) is 0 Å². The van der Waals surface area contributed by atoms with Crippen LogP contribution in [0.2, 0.25) is 0 Å². The third-order valence-electron chi connectivity index (χ3n) is 2.52. The van der Waals surface area contributed by atoms with Gasteiger partial charge in [0.2, 0.25) is 5.91 Å². The van der Waals surface area contributed by atoms with Gasteiger partial charge in [0.15, 0.2) is 0 Å². The van der Waals surface area contributed by atoms with Crippen LogP contribution in [-0.2, 0) is 4.79 Å². The van der Waals surface area contributed by atoms with Gasteiger partial charge in [-0.1, -0.05) is 25.6 Å². The Hall–Kier alpha value is -1.04. The lowest BCUT2D eigenvalue weighted by Crippen LogP contribution is -2.49. The Morgan fingerprint density at radius 2 is 2.19 bits per heavy atom. The quantitative estimate of drug-likeness (QED) is 0.802. The van der Waals surface area contributed by atoms with Crippen LogP contribution in [0, 0.1) is 5.92 Å². The van der Waals surface area contributed by atoms with Crippen molar-refractivity contribution in [3.63, 3.8) is 0 Å². The van der Waals surface area contributed by atoms with E-state index < -0.39 is 0 Å². The first-order valence-corrected chi connectivity index (χ1v) is 6.14. The van der Waals surface area contributed by atoms with E-state index in [1.807, 2.05) is 13.8 Å². The van der Waals surface area contributed by atoms with E-state index in [1.54, 1.807) is 19.0 Å². The normalized spacial score (nSPS) is 17.3. The van der Waals surface area contributed by atoms with Gasteiger partial charge >= 0.3 is 5.24 Å². The zero-order chi connectivity index (χ0) is 12.3. The van der Waals surface area contributed by atoms with Gasteiger partial charge in [0.1, 0.15) is 11.9 Å². The van der Waals surface area contributed by atoms with Crippen molar-refractivity contribution in [3.8, 4) is 0 Å². The molecule has 0 spiro atoms. The lowest BCUT2D eigenvalue weighted by atomic mass is 10.0. The molecule has 1 atom stereocenters. The van der Waals surface area contributed by atoms with Crippen LogP contribution < -0.4 is 5.32 Å². The third-order valence-corrected chi connectivity index (χ3v) is 3.26. The maximum absolute atomic E-state index is 11.7. The van der Waals surface area contributed by atoms with E-state index in [9.17, 15) is 9.59 Å². The molecule has 1 N–H and O–H groups in total. The summed E-state index contributed by atoms with van der Waals surface area (Å²) in [7, 11) is 3.42. The van der Waals surface area contributed by atoms with Gasteiger partial charge in [-0.3, -0.25) is 9.59 Å². The van der Waals surface area contributed by atoms with Crippen molar-refractivity contribution in [2.45, 2.75) is 19.9 Å². The maximum Gasteiger partial charge on any atom is 0.306 e. The average Bonchev–Trinajstić information content (AvgIpc) is 2.64. The Labute approximate surface area is 99.7 Å². The molecule has 0 fully saturated rings. The second kappa shape index (κ2) is 5.34. The first kappa shape index (κ1) is 13.0. The second-order valence-corrected chi connectivity index (χ2v) is 4.92. The number of nitrogens with one attached hydrogen (secondary N) is 1. The van der Waals surface area contributed by atoms with Gasteiger partial charge in [0.05, 0.1) is 5.75 Å². The lowest BCUT2D eigenvalue weighted by molar-refractivity contribution is -0.125. The van der Waals surface area contributed by atoms with Crippen molar-refractivity contribution in [1.82, 2.24) is 10.2 Å². The molecule has 0 aromatic heterocycles. The summed E-state index contributed by atoms with van der Waals surface area (Å²) in [5, 5.41) is 2.46. The fourth-order valence-corrected chi connectivity index (χ4v) is 2.40. The standard InChI is InChI=1S/C10H17N3O2S/c1-6(2)8(9(14)11-3)13(4)7-5-16-10(15)12-7/h6,8H,5H2,1-4H3,(H,11,14)/t8-/m1/s1. The molecule has 0 radical (unpaired) electrons. The van der Waals surface area contributed by atoms with Crippen molar-refractivity contribution >= 4 is 28.7 Å². The molecule has 0 saturated heterocycles. The molecule has 6 heteroatoms. The minimum atomic E-state index is -0.282. The Morgan fingerprint density at radius 1 is 1.56 bits per heavy atom. The minimum absolute atomic E-state index is 0.0513. The Balaban J connectivity index is 2.83. The predicted molar refractivity (Wildman–Crippen MR) is 65.7 cm³/mol. The Morgan fingerprint density at radius 3 is 2.56 bits per heavy atom. The van der Waals surface area contributed by atoms with Gasteiger partial charge in [0, 0.05) is 14.1 Å². The number of nitrogens with zero attached hydrogens (tertiary/aromatic N) is 2. The highest BCUT2D eigenvalue weighted by molar-refractivity contribution is 8.14. The molecule has 2 amide bonds. The highest BCUT2D eigenvalue weighted by Crippen LogP contribution is 2.19. The summed E-state index contributed by atoms with van der Waals surface area (Å²) in [6.45, 7) is 3.95. The molecule has 0 aromatic carbocycles. The molecule has 0 bridgehead atoms. The SMILES string of the molecule is CNC(=O)[C@@H](C(C)C)N(C)C1=NC(=O)SC1. The van der Waals surface area contributed by atoms with E-state index >= 15 is 0 Å². The molecule has 1 heterocycles. The summed E-state index contributed by atoms with van der Waals surface area (Å²) in [5.41, 5.74) is 0. The van der Waals surface area contributed by atoms with Crippen molar-refractivity contribution < 1.29 is 9.59 Å². The number of thioether (sulfide) groups is 1. The summed E-state index contributed by atoms with van der Waals surface area (Å²) in [5.74, 6) is 1.34. The number of amidine groups is 1. The molecule has 0 saturated carbocycles. The summed E-state index contributed by atoms with van der Waals surface area (Å²) in [6, 6.07) is -0.282. The smallest absolute Gasteiger partial charge is 0.306 e. The van der Waals surface area contributed by atoms with Crippen LogP contribution >= 0.6 is 11.8 Å². The lowest BCUT2D eigenvalue weighted by Gasteiger charge is -2.30. The van der Waals surface area contributed by atoms with Crippen LogP contribution in [0.1, 0.15) is 13.8 Å². The van der Waals surface area contributed by atoms with E-state index in [-0.39, 0.29) is 23.1 Å². The van der Waals surface area contributed by atoms with Crippen molar-refractivity contribution in [2.24, 2.45) is 10.9 Å². The van der Waals surface area contributed by atoms with Crippen LogP contribution in [0.4, 0.5) is 4.79 Å². The molecule has 1 aliphatic heterocycles. The molecule has 1 aliphatic rings. The fourth-order valence-electron chi connectivity index (χ4n) is 1.71. The molecule has 16 heavy (non-hydrogen) atoms. The van der Waals surface area contributed by atoms with Crippen LogP contribution in [-0.4, -0.2) is 47.8 Å². The first-order valence-electron chi connectivity index (χ1n) is 5.16. The Kier molecular flexibility index (Phi) is 4.35. The number of likely N-dealkylation sites (N-methyl/N-ethyl adjacent to an activating group) is 2. The van der Waals surface area contributed by atoms with Crippen LogP contribution in [0.15, 0.2) is 4.99 Å². The minimum Gasteiger partial charge on any atom is -0.357 e. The van der Waals surface area contributed by atoms with Gasteiger partial charge in [-0.05, 0) is 5.92 Å². The fraction of sp³-hybridized carbons (Fsp3) is 0.700. The molecule has 90 valence electrons. The molecule has 0 aliphatic carbocycles. The van der Waals surface area contributed by atoms with E-state index in [0.29, 0.717) is 11.6 Å². The van der Waals surface area contributed by atoms with Crippen molar-refractivity contribution in [1.29, 1.82) is 0 Å². The van der Waals surface area contributed by atoms with Crippen LogP contribution in [0.3, 0.4) is 0 Å². The number of aliphatic imine (C=N–C) groups is 1. The molecular weight excluding hydrogens is 226 g/mol. The first-order chi connectivity index (χ1) is 7.47. The zero-order valence-electron chi connectivity index (χ0n) is 9.98. The highest BCUT2D eigenvalue weighted by atomic mass is 32.2. The molecule has 0 aromatic rings. The predicted octanol–water partition coefficient (Wildman–Crippen LogP) is 0.954. The monoisotopic (exact) mass is 243 g/mol. The Bertz CT molecular complexity index is 328. The number of hydrogen-bond donors (Lipinski definition) is 1. The number of carbonyl (C=O) groups is 2. The van der Waals surface area contributed by atoms with E-state index in [4.69, 9.17) is 0 Å². The van der Waals surface area contributed by atoms with Crippen LogP contribution in [0.25, 0.3) is 0 Å². The average molecular weight is 243 g/mol. The van der Waals surface area contributed by atoms with Crippen LogP contribution in [0.5, 0.6) is 0 Å². The van der Waals surface area contributed by atoms with E-state index in [1.165, 1.54) is 11.8 Å². The van der Waals surface area contributed by atoms with Gasteiger partial charge in [-0.2, -0.15) is 4.99 Å². The van der Waals surface area contributed by atoms with Gasteiger partial charge in [-0.15, -0.1) is 0 Å². The molecule has 1 rings (SSSR count). The summed E-state index contributed by atoms with van der Waals surface area (Å²) < 4.78 is 0. The molecule has 5 nitrogen and oxygen atoms in total. The summed E-state index contributed by atoms with van der Waals surface area (Å²) in [6.07, 6.45) is 0. The summed E-state index contributed by atoms with van der Waals surface area (Å²) in [4.78, 5) is 28.5. The van der Waals surface area contributed by atoms with Crippen molar-refractivity contribution in [2.75, 3.05) is 19.8 Å². The number of carbonyl (C=O) groups excluding carboxylic acids is 2. The maximum atomic E-state index is 11.7. The third kappa shape index (κ3) is 2.75. The van der Waals surface area contributed by atoms with Crippen molar-refractivity contribution in [3.05, 3.63) is 0 Å². The summed E-state index contributed by atoms with van der Waals surface area (Å²) >= 11 is 1.17. The van der Waals surface area contributed by atoms with E-state index in [0.717, 1.165) is 0 Å². The number of amides is 2. The van der Waals surface area contributed by atoms with Gasteiger partial charge < -0.3 is 10.2 Å². The molecule has 0 unspecified atom stereocenters. The zero-order valence-corrected chi connectivity index (χ0v) is 10.8. The molecular formula is C10H17N3O2S. The second-order valence-electron chi connectivity index (χ2n) is 4.00. The van der Waals surface area contributed by atoms with Gasteiger partial charge in [-0.25, -0.2) is 0 Å². The van der Waals surface area contributed by atoms with E-state index in [2.05, 4.69) is 10.3 Å². The highest BCUT2D eigenvalue weighted by Gasteiger charge is 2.30. The number of hydrogen-bond acceptors (Lipinski definition) is 4. The topological polar surface area (TPSA) is 61.8 Å².